The molecule has 6 nitrogen and oxygen atoms in total. The minimum atomic E-state index is -4.64. The molecule has 0 unspecified atom stereocenters. The lowest BCUT2D eigenvalue weighted by molar-refractivity contribution is -0.141. The van der Waals surface area contributed by atoms with Crippen molar-refractivity contribution in [2.45, 2.75) is 50.7 Å². The van der Waals surface area contributed by atoms with Crippen molar-refractivity contribution >= 4 is 27.2 Å². The number of fused-ring (bicyclic) bond motifs is 2. The minimum Gasteiger partial charge on any atom is -0.338 e. The Bertz CT molecular complexity index is 1460. The van der Waals surface area contributed by atoms with Gasteiger partial charge in [0.2, 0.25) is 0 Å². The molecule has 35 heavy (non-hydrogen) atoms. The van der Waals surface area contributed by atoms with Crippen LogP contribution in [-0.4, -0.2) is 13.4 Å². The predicted molar refractivity (Wildman–Crippen MR) is 127 cm³/mol. The van der Waals surface area contributed by atoms with Crippen LogP contribution < -0.4 is 9.62 Å². The lowest BCUT2D eigenvalue weighted by Gasteiger charge is -2.27. The Morgan fingerprint density at radius 2 is 1.69 bits per heavy atom. The molecule has 2 aromatic carbocycles. The fraction of sp³-hybridized carbons (Fsp3) is 0.280. The van der Waals surface area contributed by atoms with Gasteiger partial charge < -0.3 is 5.32 Å². The molecule has 1 aromatic heterocycles. The lowest BCUT2D eigenvalue weighted by atomic mass is 9.87. The number of nitrogens with one attached hydrogen (secondary N) is 1. The van der Waals surface area contributed by atoms with Gasteiger partial charge in [-0.1, -0.05) is 24.3 Å². The van der Waals surface area contributed by atoms with E-state index in [1.54, 1.807) is 45.0 Å². The van der Waals surface area contributed by atoms with E-state index in [4.69, 9.17) is 0 Å². The minimum absolute atomic E-state index is 0.00478. The van der Waals surface area contributed by atoms with Gasteiger partial charge in [-0.15, -0.1) is 0 Å². The third-order valence-electron chi connectivity index (χ3n) is 6.23. The number of rotatable bonds is 3. The van der Waals surface area contributed by atoms with Crippen molar-refractivity contribution in [2.75, 3.05) is 9.62 Å². The van der Waals surface area contributed by atoms with Crippen molar-refractivity contribution in [1.82, 2.24) is 4.98 Å². The van der Waals surface area contributed by atoms with Gasteiger partial charge in [0.05, 0.1) is 34.3 Å². The first-order valence-corrected chi connectivity index (χ1v) is 12.2. The summed E-state index contributed by atoms with van der Waals surface area (Å²) in [6, 6.07) is 13.8. The van der Waals surface area contributed by atoms with E-state index in [2.05, 4.69) is 16.4 Å². The fourth-order valence-electron chi connectivity index (χ4n) is 3.91. The highest BCUT2D eigenvalue weighted by molar-refractivity contribution is 7.92. The Labute approximate surface area is 202 Å². The zero-order valence-electron chi connectivity index (χ0n) is 19.5. The SMILES string of the molecule is Cc1ccc2c(c1C)N(S(=O)(=O)c1ccc(C(C)(C)C#N)cc1)Cc1ccc(C(F)(F)F)nc1N2. The standard InChI is InChI=1S/C25H23F3N4O2S/c1-15-5-11-20-22(16(15)2)32(13-17-6-12-21(25(26,27)28)31-23(17)30-20)35(33,34)19-9-7-18(8-10-19)24(3,4)14-29/h5-12H,13H2,1-4H3,(H,30,31). The quantitative estimate of drug-likeness (QED) is 0.479. The van der Waals surface area contributed by atoms with Crippen LogP contribution in [0.3, 0.4) is 0 Å². The topological polar surface area (TPSA) is 86.1 Å². The Morgan fingerprint density at radius 3 is 2.29 bits per heavy atom. The molecule has 0 saturated heterocycles. The molecule has 0 fully saturated rings. The normalized spacial score (nSPS) is 13.8. The van der Waals surface area contributed by atoms with Crippen LogP contribution >= 0.6 is 0 Å². The van der Waals surface area contributed by atoms with Crippen LogP contribution in [0, 0.1) is 25.2 Å². The number of benzene rings is 2. The molecule has 0 bridgehead atoms. The molecular formula is C25H23F3N4O2S. The Hall–Kier alpha value is -3.58. The number of halogens is 3. The molecule has 0 amide bonds. The van der Waals surface area contributed by atoms with Gasteiger partial charge in [-0.3, -0.25) is 4.31 Å². The van der Waals surface area contributed by atoms with E-state index in [9.17, 15) is 26.9 Å². The fourth-order valence-corrected chi connectivity index (χ4v) is 5.43. The summed E-state index contributed by atoms with van der Waals surface area (Å²) in [6.45, 7) is 6.86. The largest absolute Gasteiger partial charge is 0.433 e. The predicted octanol–water partition coefficient (Wildman–Crippen LogP) is 5.97. The van der Waals surface area contributed by atoms with Gasteiger partial charge in [-0.05, 0) is 68.7 Å². The highest BCUT2D eigenvalue weighted by Gasteiger charge is 2.36. The number of aryl methyl sites for hydroxylation is 1. The molecule has 182 valence electrons. The molecular weight excluding hydrogens is 477 g/mol. The summed E-state index contributed by atoms with van der Waals surface area (Å²) in [5, 5.41) is 12.3. The first kappa shape index (κ1) is 24.5. The van der Waals surface area contributed by atoms with Gasteiger partial charge >= 0.3 is 6.18 Å². The van der Waals surface area contributed by atoms with Crippen LogP contribution in [0.5, 0.6) is 0 Å². The summed E-state index contributed by atoms with van der Waals surface area (Å²) in [6.07, 6.45) is -4.64. The maximum Gasteiger partial charge on any atom is 0.433 e. The van der Waals surface area contributed by atoms with Crippen LogP contribution in [0.2, 0.25) is 0 Å². The van der Waals surface area contributed by atoms with Crippen LogP contribution in [0.1, 0.15) is 41.8 Å². The molecule has 3 aromatic rings. The Morgan fingerprint density at radius 1 is 1.03 bits per heavy atom. The smallest absolute Gasteiger partial charge is 0.338 e. The second kappa shape index (κ2) is 8.27. The van der Waals surface area contributed by atoms with Crippen LogP contribution in [0.25, 0.3) is 0 Å². The number of anilines is 3. The Balaban J connectivity index is 1.88. The zero-order chi connectivity index (χ0) is 25.8. The number of alkyl halides is 3. The van der Waals surface area contributed by atoms with Gasteiger partial charge in [-0.2, -0.15) is 18.4 Å². The zero-order valence-corrected chi connectivity index (χ0v) is 20.3. The molecule has 0 aliphatic carbocycles. The molecule has 10 heteroatoms. The molecule has 0 spiro atoms. The van der Waals surface area contributed by atoms with Crippen molar-refractivity contribution in [1.29, 1.82) is 5.26 Å². The molecule has 0 radical (unpaired) electrons. The summed E-state index contributed by atoms with van der Waals surface area (Å²) < 4.78 is 68.8. The molecule has 1 aliphatic rings. The number of nitrogens with zero attached hydrogens (tertiary/aromatic N) is 3. The van der Waals surface area contributed by atoms with Crippen molar-refractivity contribution in [2.24, 2.45) is 0 Å². The van der Waals surface area contributed by atoms with E-state index in [0.717, 1.165) is 11.6 Å². The van der Waals surface area contributed by atoms with Crippen LogP contribution in [-0.2, 0) is 28.2 Å². The van der Waals surface area contributed by atoms with Gasteiger partial charge in [-0.25, -0.2) is 13.4 Å². The monoisotopic (exact) mass is 500 g/mol. The number of hydrogen-bond acceptors (Lipinski definition) is 5. The van der Waals surface area contributed by atoms with Gasteiger partial charge in [0.25, 0.3) is 10.0 Å². The summed E-state index contributed by atoms with van der Waals surface area (Å²) in [7, 11) is -4.13. The lowest BCUT2D eigenvalue weighted by Crippen LogP contribution is -2.31. The highest BCUT2D eigenvalue weighted by Crippen LogP contribution is 2.42. The van der Waals surface area contributed by atoms with E-state index >= 15 is 0 Å². The molecule has 2 heterocycles. The molecule has 0 atom stereocenters. The number of aromatic nitrogens is 1. The molecule has 1 aliphatic heterocycles. The highest BCUT2D eigenvalue weighted by atomic mass is 32.2. The second-order valence-electron chi connectivity index (χ2n) is 9.00. The van der Waals surface area contributed by atoms with Crippen molar-refractivity contribution in [3.8, 4) is 6.07 Å². The third-order valence-corrected chi connectivity index (χ3v) is 7.99. The maximum atomic E-state index is 13.9. The van der Waals surface area contributed by atoms with E-state index in [0.29, 0.717) is 28.1 Å². The first-order chi connectivity index (χ1) is 16.3. The van der Waals surface area contributed by atoms with Gasteiger partial charge in [0.15, 0.2) is 0 Å². The number of pyridine rings is 1. The van der Waals surface area contributed by atoms with Gasteiger partial charge in [0, 0.05) is 5.56 Å². The van der Waals surface area contributed by atoms with Crippen LogP contribution in [0.15, 0.2) is 53.4 Å². The first-order valence-electron chi connectivity index (χ1n) is 10.7. The molecule has 4 rings (SSSR count). The maximum absolute atomic E-state index is 13.9. The van der Waals surface area contributed by atoms with Crippen molar-refractivity contribution in [3.05, 3.63) is 76.5 Å². The molecule has 1 N–H and O–H groups in total. The summed E-state index contributed by atoms with van der Waals surface area (Å²) in [5.74, 6) is -0.0480. The average Bonchev–Trinajstić information content (AvgIpc) is 2.98. The van der Waals surface area contributed by atoms with Crippen LogP contribution in [0.4, 0.5) is 30.4 Å². The average molecular weight is 501 g/mol. The van der Waals surface area contributed by atoms with Gasteiger partial charge in [0.1, 0.15) is 11.5 Å². The number of nitriles is 1. The second-order valence-corrected chi connectivity index (χ2v) is 10.9. The Kier molecular flexibility index (Phi) is 5.80. The van der Waals surface area contributed by atoms with E-state index in [-0.39, 0.29) is 17.3 Å². The van der Waals surface area contributed by atoms with Crippen molar-refractivity contribution < 1.29 is 21.6 Å². The van der Waals surface area contributed by atoms with E-state index < -0.39 is 27.3 Å². The van der Waals surface area contributed by atoms with E-state index in [1.807, 2.05) is 6.92 Å². The van der Waals surface area contributed by atoms with E-state index in [1.165, 1.54) is 22.5 Å². The molecule has 0 saturated carbocycles. The summed E-state index contributed by atoms with van der Waals surface area (Å²) >= 11 is 0. The number of sulfonamides is 1. The summed E-state index contributed by atoms with van der Waals surface area (Å²) in [5.41, 5.74) is 1.28. The van der Waals surface area contributed by atoms with Crippen molar-refractivity contribution in [3.63, 3.8) is 0 Å². The third kappa shape index (κ3) is 4.32. The number of hydrogen-bond donors (Lipinski definition) is 1. The summed E-state index contributed by atoms with van der Waals surface area (Å²) in [4.78, 5) is 3.75.